The van der Waals surface area contributed by atoms with E-state index in [1.807, 2.05) is 72.8 Å². The van der Waals surface area contributed by atoms with E-state index in [0.717, 1.165) is 66.5 Å². The normalized spacial score (nSPS) is 11.2. The van der Waals surface area contributed by atoms with Crippen LogP contribution >= 0.6 is 0 Å². The van der Waals surface area contributed by atoms with Gasteiger partial charge in [0.25, 0.3) is 0 Å². The molecule has 252 valence electrons. The first-order valence-electron chi connectivity index (χ1n) is 17.2. The minimum absolute atomic E-state index is 0. The molecular weight excluding hydrogens is 832 g/mol. The fourth-order valence-corrected chi connectivity index (χ4v) is 7.27. The second-order valence-electron chi connectivity index (χ2n) is 12.7. The molecule has 6 heteroatoms. The Balaban J connectivity index is 0.00000372. The number of benzene rings is 7. The minimum Gasteiger partial charge on any atom is -0.460 e. The summed E-state index contributed by atoms with van der Waals surface area (Å²) in [5.74, 6) is 0.981. The summed E-state index contributed by atoms with van der Waals surface area (Å²) in [6, 6.07) is 63.0. The van der Waals surface area contributed by atoms with Crippen molar-refractivity contribution in [3.05, 3.63) is 182 Å². The Morgan fingerprint density at radius 3 is 2.15 bits per heavy atom. The van der Waals surface area contributed by atoms with Crippen molar-refractivity contribution in [3.8, 4) is 51.0 Å². The number of ether oxygens (including phenoxy) is 1. The molecule has 0 saturated heterocycles. The first-order valence-corrected chi connectivity index (χ1v) is 17.2. The van der Waals surface area contributed by atoms with Crippen molar-refractivity contribution < 1.29 is 25.8 Å². The van der Waals surface area contributed by atoms with Crippen LogP contribution in [-0.2, 0) is 21.1 Å². The van der Waals surface area contributed by atoms with Crippen LogP contribution in [0.2, 0.25) is 0 Å². The Morgan fingerprint density at radius 1 is 0.566 bits per heavy atom. The van der Waals surface area contributed by atoms with Gasteiger partial charge in [-0.15, -0.1) is 35.4 Å². The van der Waals surface area contributed by atoms with E-state index in [4.69, 9.17) is 9.72 Å². The van der Waals surface area contributed by atoms with Gasteiger partial charge in [0.1, 0.15) is 0 Å². The van der Waals surface area contributed by atoms with Gasteiger partial charge in [-0.05, 0) is 56.5 Å². The van der Waals surface area contributed by atoms with Gasteiger partial charge in [0.2, 0.25) is 5.88 Å². The van der Waals surface area contributed by atoms with Crippen LogP contribution in [0.15, 0.2) is 170 Å². The Kier molecular flexibility index (Phi) is 8.34. The molecule has 0 unspecified atom stereocenters. The summed E-state index contributed by atoms with van der Waals surface area (Å²) in [6.07, 6.45) is 1.78. The van der Waals surface area contributed by atoms with Crippen molar-refractivity contribution in [1.82, 2.24) is 19.7 Å². The van der Waals surface area contributed by atoms with Crippen molar-refractivity contribution in [2.24, 2.45) is 0 Å². The van der Waals surface area contributed by atoms with E-state index in [2.05, 4.69) is 118 Å². The van der Waals surface area contributed by atoms with Crippen molar-refractivity contribution in [2.75, 3.05) is 0 Å². The van der Waals surface area contributed by atoms with Crippen LogP contribution in [0.4, 0.5) is 0 Å². The topological polar surface area (TPSA) is 52.8 Å². The number of rotatable bonds is 6. The first kappa shape index (κ1) is 32.5. The largest absolute Gasteiger partial charge is 2.00 e. The molecule has 0 fully saturated rings. The molecule has 0 amide bonds. The third kappa shape index (κ3) is 5.76. The van der Waals surface area contributed by atoms with Gasteiger partial charge in [-0.1, -0.05) is 144 Å². The molecule has 5 nitrogen and oxygen atoms in total. The van der Waals surface area contributed by atoms with Gasteiger partial charge >= 0.3 is 21.1 Å². The fraction of sp³-hybridized carbons (Fsp3) is 0. The molecule has 0 bridgehead atoms. The average Bonchev–Trinajstić information content (AvgIpc) is 3.56. The third-order valence-electron chi connectivity index (χ3n) is 9.59. The zero-order chi connectivity index (χ0) is 34.4. The summed E-state index contributed by atoms with van der Waals surface area (Å²) in [5.41, 5.74) is 8.48. The molecular formula is C47H28N4OPt. The van der Waals surface area contributed by atoms with Crippen LogP contribution in [0.1, 0.15) is 0 Å². The molecule has 3 aromatic heterocycles. The molecule has 0 spiro atoms. The number of hydrogen-bond donors (Lipinski definition) is 0. The van der Waals surface area contributed by atoms with E-state index in [0.29, 0.717) is 11.6 Å². The van der Waals surface area contributed by atoms with Crippen molar-refractivity contribution >= 4 is 43.4 Å². The molecule has 0 N–H and O–H groups in total. The molecule has 53 heavy (non-hydrogen) atoms. The maximum atomic E-state index is 6.58. The quantitative estimate of drug-likeness (QED) is 0.156. The van der Waals surface area contributed by atoms with E-state index in [9.17, 15) is 0 Å². The van der Waals surface area contributed by atoms with E-state index >= 15 is 0 Å². The maximum Gasteiger partial charge on any atom is 2.00 e. The first-order chi connectivity index (χ1) is 25.8. The predicted molar refractivity (Wildman–Crippen MR) is 210 cm³/mol. The number of fused-ring (bicyclic) bond motifs is 6. The number of aromatic nitrogens is 4. The molecule has 7 aromatic carbocycles. The zero-order valence-electron chi connectivity index (χ0n) is 28.2. The Labute approximate surface area is 320 Å². The predicted octanol–water partition coefficient (Wildman–Crippen LogP) is 11.7. The van der Waals surface area contributed by atoms with Crippen LogP contribution in [0.5, 0.6) is 11.6 Å². The fourth-order valence-electron chi connectivity index (χ4n) is 7.27. The van der Waals surface area contributed by atoms with Crippen molar-refractivity contribution in [1.29, 1.82) is 0 Å². The van der Waals surface area contributed by atoms with Crippen LogP contribution in [0.25, 0.3) is 82.7 Å². The van der Waals surface area contributed by atoms with E-state index in [1.54, 1.807) is 6.20 Å². The minimum atomic E-state index is 0. The molecule has 0 aliphatic heterocycles. The molecule has 0 radical (unpaired) electrons. The van der Waals surface area contributed by atoms with Gasteiger partial charge in [0, 0.05) is 22.5 Å². The monoisotopic (exact) mass is 859 g/mol. The number of para-hydroxylation sites is 1. The second kappa shape index (κ2) is 13.6. The van der Waals surface area contributed by atoms with Crippen molar-refractivity contribution in [3.63, 3.8) is 0 Å². The van der Waals surface area contributed by atoms with Crippen molar-refractivity contribution in [2.45, 2.75) is 0 Å². The van der Waals surface area contributed by atoms with E-state index in [1.165, 1.54) is 16.2 Å². The summed E-state index contributed by atoms with van der Waals surface area (Å²) in [7, 11) is 0. The van der Waals surface area contributed by atoms with E-state index in [-0.39, 0.29) is 21.1 Å². The van der Waals surface area contributed by atoms with Crippen LogP contribution < -0.4 is 4.74 Å². The van der Waals surface area contributed by atoms with Gasteiger partial charge in [0.15, 0.2) is 0 Å². The number of hydrogen-bond acceptors (Lipinski definition) is 4. The van der Waals surface area contributed by atoms with Crippen LogP contribution in [0, 0.1) is 12.1 Å². The molecule has 0 saturated carbocycles. The van der Waals surface area contributed by atoms with Gasteiger partial charge in [0.05, 0.1) is 11.7 Å². The van der Waals surface area contributed by atoms with Gasteiger partial charge in [-0.2, -0.15) is 5.10 Å². The summed E-state index contributed by atoms with van der Waals surface area (Å²) in [6.45, 7) is 0. The van der Waals surface area contributed by atoms with Gasteiger partial charge in [-0.3, -0.25) is 4.98 Å². The Bertz CT molecular complexity index is 2940. The maximum absolute atomic E-state index is 6.58. The van der Waals surface area contributed by atoms with Gasteiger partial charge in [-0.25, -0.2) is 5.10 Å². The second-order valence-corrected chi connectivity index (χ2v) is 12.7. The smallest absolute Gasteiger partial charge is 0.460 e. The zero-order valence-corrected chi connectivity index (χ0v) is 30.5. The molecule has 3 heterocycles. The molecule has 10 aromatic rings. The number of pyridine rings is 1. The average molecular weight is 860 g/mol. The van der Waals surface area contributed by atoms with E-state index < -0.39 is 0 Å². The molecule has 0 atom stereocenters. The third-order valence-corrected chi connectivity index (χ3v) is 9.59. The summed E-state index contributed by atoms with van der Waals surface area (Å²) >= 11 is 0. The summed E-state index contributed by atoms with van der Waals surface area (Å²) < 4.78 is 8.93. The molecule has 10 rings (SSSR count). The summed E-state index contributed by atoms with van der Waals surface area (Å²) in [5, 5.41) is 15.6. The summed E-state index contributed by atoms with van der Waals surface area (Å²) in [4.78, 5) is 5.10. The Hall–Kier alpha value is -6.42. The Morgan fingerprint density at radius 2 is 1.30 bits per heavy atom. The van der Waals surface area contributed by atoms with Crippen LogP contribution in [0.3, 0.4) is 0 Å². The molecule has 0 aliphatic rings. The number of nitrogens with zero attached hydrogens (tertiary/aromatic N) is 4. The van der Waals surface area contributed by atoms with Gasteiger partial charge < -0.3 is 9.30 Å². The van der Waals surface area contributed by atoms with Crippen LogP contribution in [-0.4, -0.2) is 19.7 Å². The molecule has 0 aliphatic carbocycles. The SMILES string of the molecule is [Pt+2].[c-]1c(Oc2cccc(-c3[c-]ccc4c5ccc6ccccc6c5n(-c5ccccc5)c34)n2)cc(-c2ccccc2)cc1-c1nncc2ccccc12. The standard InChI is InChI=1S/C47H28N4O.Pt/c1-3-13-31(14-4-1)34-27-35(45-38-19-9-8-16-33(38)30-48-50-45)29-37(28-34)52-44-24-12-23-43(49-44)42-22-11-21-40-41-26-25-32-15-7-10-20-39(32)46(41)51(47(40)42)36-17-5-2-6-18-36;/h1-21,23-28,30H;/q-2;+2.